The van der Waals surface area contributed by atoms with Crippen molar-refractivity contribution >= 4 is 5.97 Å². The lowest BCUT2D eigenvalue weighted by molar-refractivity contribution is -0.141. The van der Waals surface area contributed by atoms with Crippen molar-refractivity contribution < 1.29 is 13.9 Å². The smallest absolute Gasteiger partial charge is 0.317 e. The van der Waals surface area contributed by atoms with Gasteiger partial charge in [0.15, 0.2) is 0 Å². The van der Waals surface area contributed by atoms with Gasteiger partial charge in [-0.15, -0.1) is 0 Å². The number of hydrogen-bond donors (Lipinski definition) is 0. The molecule has 78 valence electrons. The lowest BCUT2D eigenvalue weighted by Crippen LogP contribution is -2.01. The summed E-state index contributed by atoms with van der Waals surface area (Å²) in [5.41, 5.74) is 0.459. The van der Waals surface area contributed by atoms with Crippen LogP contribution in [0.4, 0.5) is 4.39 Å². The first-order valence-electron chi connectivity index (χ1n) is 4.34. The van der Waals surface area contributed by atoms with Gasteiger partial charge in [-0.2, -0.15) is 4.39 Å². The van der Waals surface area contributed by atoms with Gasteiger partial charge in [0.2, 0.25) is 0 Å². The number of esters is 1. The maximum Gasteiger partial charge on any atom is 0.317 e. The molecule has 1 rings (SSSR count). The van der Waals surface area contributed by atoms with E-state index < -0.39 is 6.08 Å². The summed E-state index contributed by atoms with van der Waals surface area (Å²) < 4.78 is 17.0. The fraction of sp³-hybridized carbons (Fsp3) is 0.300. The van der Waals surface area contributed by atoms with Crippen LogP contribution in [-0.2, 0) is 9.53 Å². The normalized spacial score (nSPS) is 8.93. The van der Waals surface area contributed by atoms with Gasteiger partial charge in [0.25, 0.3) is 0 Å². The Kier molecular flexibility index (Phi) is 4.23. The van der Waals surface area contributed by atoms with E-state index >= 15 is 0 Å². The first kappa shape index (κ1) is 11.1. The number of carbonyl (C=O) groups excluding carboxylic acids is 1. The van der Waals surface area contributed by atoms with Crippen molar-refractivity contribution in [2.75, 3.05) is 6.61 Å². The second kappa shape index (κ2) is 5.70. The van der Waals surface area contributed by atoms with E-state index in [0.29, 0.717) is 12.2 Å². The maximum atomic E-state index is 12.3. The average molecular weight is 208 g/mol. The summed E-state index contributed by atoms with van der Waals surface area (Å²) in [7, 11) is 0. The largest absolute Gasteiger partial charge is 0.465 e. The lowest BCUT2D eigenvalue weighted by Gasteiger charge is -1.94. The predicted molar refractivity (Wildman–Crippen MR) is 50.1 cm³/mol. The van der Waals surface area contributed by atoms with Crippen molar-refractivity contribution in [1.82, 2.24) is 9.97 Å². The van der Waals surface area contributed by atoms with Crippen molar-refractivity contribution in [3.8, 4) is 11.8 Å². The van der Waals surface area contributed by atoms with E-state index in [4.69, 9.17) is 0 Å². The summed E-state index contributed by atoms with van der Waals surface area (Å²) in [6, 6.07) is 0. The molecule has 0 saturated carbocycles. The number of halogens is 1. The van der Waals surface area contributed by atoms with Crippen LogP contribution >= 0.6 is 0 Å². The standard InChI is InChI=1S/C10H9FN2O2/c1-2-15-9(14)5-3-4-8-6-12-10(11)13-7-8/h6-7H,2,5H2,1H3. The van der Waals surface area contributed by atoms with E-state index in [1.807, 2.05) is 0 Å². The molecule has 0 unspecified atom stereocenters. The monoisotopic (exact) mass is 208 g/mol. The molecule has 4 nitrogen and oxygen atoms in total. The van der Waals surface area contributed by atoms with Gasteiger partial charge in [0.05, 0.1) is 12.2 Å². The molecule has 0 aliphatic heterocycles. The van der Waals surface area contributed by atoms with Crippen LogP contribution in [0.3, 0.4) is 0 Å². The Morgan fingerprint density at radius 2 is 2.20 bits per heavy atom. The second-order valence-corrected chi connectivity index (χ2v) is 2.52. The highest BCUT2D eigenvalue weighted by molar-refractivity contribution is 5.72. The first-order valence-corrected chi connectivity index (χ1v) is 4.34. The maximum absolute atomic E-state index is 12.3. The van der Waals surface area contributed by atoms with Crippen LogP contribution in [0.2, 0.25) is 0 Å². The first-order chi connectivity index (χ1) is 7.22. The molecule has 0 aromatic carbocycles. The Labute approximate surface area is 86.5 Å². The van der Waals surface area contributed by atoms with Gasteiger partial charge in [0, 0.05) is 12.4 Å². The number of nitrogens with zero attached hydrogens (tertiary/aromatic N) is 2. The van der Waals surface area contributed by atoms with Gasteiger partial charge in [-0.05, 0) is 6.92 Å². The van der Waals surface area contributed by atoms with Gasteiger partial charge in [-0.1, -0.05) is 11.8 Å². The molecular weight excluding hydrogens is 199 g/mol. The zero-order valence-electron chi connectivity index (χ0n) is 8.16. The van der Waals surface area contributed by atoms with Gasteiger partial charge in [-0.25, -0.2) is 9.97 Å². The molecular formula is C10H9FN2O2. The van der Waals surface area contributed by atoms with E-state index in [-0.39, 0.29) is 12.4 Å². The van der Waals surface area contributed by atoms with Crippen molar-refractivity contribution in [3.63, 3.8) is 0 Å². The van der Waals surface area contributed by atoms with Crippen molar-refractivity contribution in [2.24, 2.45) is 0 Å². The molecule has 0 N–H and O–H groups in total. The van der Waals surface area contributed by atoms with Gasteiger partial charge in [-0.3, -0.25) is 4.79 Å². The number of carbonyl (C=O) groups is 1. The quantitative estimate of drug-likeness (QED) is 0.412. The number of aromatic nitrogens is 2. The summed E-state index contributed by atoms with van der Waals surface area (Å²) in [5, 5.41) is 0. The van der Waals surface area contributed by atoms with E-state index in [0.717, 1.165) is 0 Å². The van der Waals surface area contributed by atoms with E-state index in [9.17, 15) is 9.18 Å². The van der Waals surface area contributed by atoms with Crippen molar-refractivity contribution in [2.45, 2.75) is 13.3 Å². The van der Waals surface area contributed by atoms with Crippen LogP contribution in [0, 0.1) is 17.9 Å². The van der Waals surface area contributed by atoms with Crippen LogP contribution in [0.15, 0.2) is 12.4 Å². The molecule has 0 amide bonds. The third kappa shape index (κ3) is 4.18. The Balaban J connectivity index is 2.51. The molecule has 1 heterocycles. The summed E-state index contributed by atoms with van der Waals surface area (Å²) in [6.07, 6.45) is 1.71. The predicted octanol–water partition coefficient (Wildman–Crippen LogP) is 0.920. The van der Waals surface area contributed by atoms with Crippen molar-refractivity contribution in [1.29, 1.82) is 0 Å². The third-order valence-electron chi connectivity index (χ3n) is 1.39. The van der Waals surface area contributed by atoms with Crippen LogP contribution in [-0.4, -0.2) is 22.5 Å². The summed E-state index contributed by atoms with van der Waals surface area (Å²) in [5.74, 6) is 4.82. The number of hydrogen-bond acceptors (Lipinski definition) is 4. The van der Waals surface area contributed by atoms with Crippen LogP contribution in [0.25, 0.3) is 0 Å². The molecule has 0 aliphatic carbocycles. The zero-order chi connectivity index (χ0) is 11.1. The Morgan fingerprint density at radius 1 is 1.53 bits per heavy atom. The van der Waals surface area contributed by atoms with Crippen LogP contribution in [0.5, 0.6) is 0 Å². The average Bonchev–Trinajstić information content (AvgIpc) is 2.21. The molecule has 0 radical (unpaired) electrons. The third-order valence-corrected chi connectivity index (χ3v) is 1.39. The molecule has 15 heavy (non-hydrogen) atoms. The molecule has 5 heteroatoms. The van der Waals surface area contributed by atoms with E-state index in [1.165, 1.54) is 12.4 Å². The molecule has 0 fully saturated rings. The Bertz CT molecular complexity index is 392. The minimum atomic E-state index is -0.800. The van der Waals surface area contributed by atoms with Gasteiger partial charge < -0.3 is 4.74 Å². The van der Waals surface area contributed by atoms with Crippen molar-refractivity contribution in [3.05, 3.63) is 24.0 Å². The minimum absolute atomic E-state index is 0.00518. The SMILES string of the molecule is CCOC(=O)CC#Cc1cnc(F)nc1. The Hall–Kier alpha value is -1.96. The zero-order valence-corrected chi connectivity index (χ0v) is 8.16. The second-order valence-electron chi connectivity index (χ2n) is 2.52. The minimum Gasteiger partial charge on any atom is -0.465 e. The van der Waals surface area contributed by atoms with E-state index in [2.05, 4.69) is 26.5 Å². The molecule has 0 spiro atoms. The topological polar surface area (TPSA) is 52.1 Å². The molecule has 0 atom stereocenters. The molecule has 1 aromatic rings. The molecule has 0 aliphatic rings. The molecule has 0 bridgehead atoms. The van der Waals surface area contributed by atoms with Crippen LogP contribution in [0.1, 0.15) is 18.9 Å². The van der Waals surface area contributed by atoms with Gasteiger partial charge >= 0.3 is 12.0 Å². The summed E-state index contributed by atoms with van der Waals surface area (Å²) >= 11 is 0. The highest BCUT2D eigenvalue weighted by atomic mass is 19.1. The number of rotatable bonds is 2. The summed E-state index contributed by atoms with van der Waals surface area (Å²) in [6.45, 7) is 2.05. The summed E-state index contributed by atoms with van der Waals surface area (Å²) in [4.78, 5) is 17.5. The van der Waals surface area contributed by atoms with Crippen LogP contribution < -0.4 is 0 Å². The highest BCUT2D eigenvalue weighted by Gasteiger charge is 1.96. The van der Waals surface area contributed by atoms with E-state index in [1.54, 1.807) is 6.92 Å². The fourth-order valence-corrected chi connectivity index (χ4v) is 0.807. The highest BCUT2D eigenvalue weighted by Crippen LogP contribution is 1.92. The van der Waals surface area contributed by atoms with Gasteiger partial charge in [0.1, 0.15) is 6.42 Å². The molecule has 1 aromatic heterocycles. The molecule has 0 saturated heterocycles. The Morgan fingerprint density at radius 3 is 2.80 bits per heavy atom. The lowest BCUT2D eigenvalue weighted by atomic mass is 10.3. The number of ether oxygens (including phenoxy) is 1. The fourth-order valence-electron chi connectivity index (χ4n) is 0.807.